The minimum atomic E-state index is 0.547. The summed E-state index contributed by atoms with van der Waals surface area (Å²) in [6, 6.07) is 9.14. The van der Waals surface area contributed by atoms with Crippen molar-refractivity contribution in [3.63, 3.8) is 0 Å². The summed E-state index contributed by atoms with van der Waals surface area (Å²) >= 11 is 5.40. The van der Waals surface area contributed by atoms with Crippen LogP contribution in [0, 0.1) is 0 Å². The predicted molar refractivity (Wildman–Crippen MR) is 82.9 cm³/mol. The van der Waals surface area contributed by atoms with Gasteiger partial charge in [-0.15, -0.1) is 0 Å². The monoisotopic (exact) mass is 315 g/mol. The van der Waals surface area contributed by atoms with Crippen LogP contribution in [0.3, 0.4) is 0 Å². The third-order valence-corrected chi connectivity index (χ3v) is 4.47. The van der Waals surface area contributed by atoms with Crippen molar-refractivity contribution < 1.29 is 0 Å². The molecule has 0 aliphatic rings. The molecule has 96 valence electrons. The summed E-state index contributed by atoms with van der Waals surface area (Å²) in [4.78, 5) is 0. The second-order valence-corrected chi connectivity index (χ2v) is 6.71. The largest absolute Gasteiger partial charge is 0.314 e. The van der Waals surface area contributed by atoms with Crippen LogP contribution >= 0.6 is 27.7 Å². The van der Waals surface area contributed by atoms with E-state index < -0.39 is 0 Å². The zero-order valence-corrected chi connectivity index (χ0v) is 13.3. The zero-order valence-electron chi connectivity index (χ0n) is 10.9. The molecule has 2 unspecified atom stereocenters. The molecule has 0 saturated heterocycles. The summed E-state index contributed by atoms with van der Waals surface area (Å²) in [6.07, 6.45) is 4.52. The lowest BCUT2D eigenvalue weighted by molar-refractivity contribution is 0.534. The molecule has 17 heavy (non-hydrogen) atoms. The number of halogens is 1. The minimum absolute atomic E-state index is 0.547. The van der Waals surface area contributed by atoms with Crippen LogP contribution in [-0.4, -0.2) is 24.1 Å². The van der Waals surface area contributed by atoms with Crippen LogP contribution < -0.4 is 5.32 Å². The van der Waals surface area contributed by atoms with Crippen molar-refractivity contribution in [2.45, 2.75) is 38.0 Å². The molecule has 0 spiro atoms. The van der Waals surface area contributed by atoms with Gasteiger partial charge in [0.2, 0.25) is 0 Å². The van der Waals surface area contributed by atoms with Gasteiger partial charge >= 0.3 is 0 Å². The predicted octanol–water partition coefficient (Wildman–Crippen LogP) is 4.11. The van der Waals surface area contributed by atoms with E-state index in [4.69, 9.17) is 0 Å². The van der Waals surface area contributed by atoms with E-state index in [9.17, 15) is 0 Å². The SMILES string of the molecule is CSC(C)CCNC(C)Cc1ccc(Br)cc1. The molecule has 0 heterocycles. The Labute approximate surface area is 118 Å². The number of hydrogen-bond acceptors (Lipinski definition) is 2. The summed E-state index contributed by atoms with van der Waals surface area (Å²) in [5, 5.41) is 4.34. The molecule has 1 N–H and O–H groups in total. The Morgan fingerprint density at radius 3 is 2.47 bits per heavy atom. The summed E-state index contributed by atoms with van der Waals surface area (Å²) in [5.74, 6) is 0. The van der Waals surface area contributed by atoms with E-state index in [-0.39, 0.29) is 0 Å². The average molecular weight is 316 g/mol. The maximum absolute atomic E-state index is 3.59. The third kappa shape index (κ3) is 6.49. The van der Waals surface area contributed by atoms with Crippen LogP contribution in [0.2, 0.25) is 0 Å². The highest BCUT2D eigenvalue weighted by Gasteiger charge is 2.04. The number of hydrogen-bond donors (Lipinski definition) is 1. The molecule has 0 amide bonds. The van der Waals surface area contributed by atoms with Crippen molar-refractivity contribution in [3.05, 3.63) is 34.3 Å². The highest BCUT2D eigenvalue weighted by Crippen LogP contribution is 2.12. The van der Waals surface area contributed by atoms with Crippen molar-refractivity contribution in [1.29, 1.82) is 0 Å². The van der Waals surface area contributed by atoms with E-state index in [1.165, 1.54) is 12.0 Å². The van der Waals surface area contributed by atoms with Gasteiger partial charge in [0.05, 0.1) is 0 Å². The average Bonchev–Trinajstić information content (AvgIpc) is 2.32. The van der Waals surface area contributed by atoms with Gasteiger partial charge in [-0.1, -0.05) is 35.0 Å². The molecule has 0 aromatic heterocycles. The van der Waals surface area contributed by atoms with Gasteiger partial charge in [0, 0.05) is 15.8 Å². The van der Waals surface area contributed by atoms with Crippen molar-refractivity contribution in [1.82, 2.24) is 5.32 Å². The zero-order chi connectivity index (χ0) is 12.7. The normalized spacial score (nSPS) is 14.6. The molecule has 1 rings (SSSR count). The standard InChI is InChI=1S/C14H22BrNS/c1-11(16-9-8-12(2)17-3)10-13-4-6-14(15)7-5-13/h4-7,11-12,16H,8-10H2,1-3H3. The Kier molecular flexibility index (Phi) is 7.24. The number of benzene rings is 1. The number of rotatable bonds is 7. The van der Waals surface area contributed by atoms with Gasteiger partial charge in [-0.2, -0.15) is 11.8 Å². The molecular weight excluding hydrogens is 294 g/mol. The Hall–Kier alpha value is 0.01000. The topological polar surface area (TPSA) is 12.0 Å². The molecular formula is C14H22BrNS. The molecule has 0 aliphatic heterocycles. The number of nitrogens with one attached hydrogen (secondary N) is 1. The quantitative estimate of drug-likeness (QED) is 0.812. The fraction of sp³-hybridized carbons (Fsp3) is 0.571. The van der Waals surface area contributed by atoms with Gasteiger partial charge in [0.1, 0.15) is 0 Å². The van der Waals surface area contributed by atoms with E-state index in [1.54, 1.807) is 0 Å². The van der Waals surface area contributed by atoms with Crippen LogP contribution in [-0.2, 0) is 6.42 Å². The van der Waals surface area contributed by atoms with Gasteiger partial charge in [-0.05, 0) is 50.3 Å². The molecule has 3 heteroatoms. The van der Waals surface area contributed by atoms with Crippen LogP contribution in [0.5, 0.6) is 0 Å². The molecule has 0 fully saturated rings. The lowest BCUT2D eigenvalue weighted by Gasteiger charge is -2.15. The smallest absolute Gasteiger partial charge is 0.0175 e. The molecule has 0 radical (unpaired) electrons. The summed E-state index contributed by atoms with van der Waals surface area (Å²) in [6.45, 7) is 5.65. The van der Waals surface area contributed by atoms with Crippen molar-refractivity contribution in [2.75, 3.05) is 12.8 Å². The maximum Gasteiger partial charge on any atom is 0.0175 e. The molecule has 1 aromatic rings. The van der Waals surface area contributed by atoms with Gasteiger partial charge in [-0.25, -0.2) is 0 Å². The van der Waals surface area contributed by atoms with E-state index in [2.05, 4.69) is 65.6 Å². The first-order chi connectivity index (χ1) is 8.11. The molecule has 0 saturated carbocycles. The van der Waals surface area contributed by atoms with Crippen molar-refractivity contribution >= 4 is 27.7 Å². The summed E-state index contributed by atoms with van der Waals surface area (Å²) in [5.41, 5.74) is 1.39. The number of thioether (sulfide) groups is 1. The van der Waals surface area contributed by atoms with Crippen LogP contribution in [0.25, 0.3) is 0 Å². The third-order valence-electron chi connectivity index (χ3n) is 2.90. The van der Waals surface area contributed by atoms with Gasteiger partial charge in [0.15, 0.2) is 0 Å². The fourth-order valence-electron chi connectivity index (χ4n) is 1.70. The molecule has 1 aromatic carbocycles. The van der Waals surface area contributed by atoms with E-state index >= 15 is 0 Å². The van der Waals surface area contributed by atoms with Crippen LogP contribution in [0.1, 0.15) is 25.8 Å². The van der Waals surface area contributed by atoms with Gasteiger partial charge in [0.25, 0.3) is 0 Å². The molecule has 1 nitrogen and oxygen atoms in total. The molecule has 0 aliphatic carbocycles. The first kappa shape index (κ1) is 15.1. The lowest BCUT2D eigenvalue weighted by Crippen LogP contribution is -2.30. The Bertz CT molecular complexity index is 313. The Balaban J connectivity index is 2.25. The fourth-order valence-corrected chi connectivity index (χ4v) is 2.31. The summed E-state index contributed by atoms with van der Waals surface area (Å²) in [7, 11) is 0. The summed E-state index contributed by atoms with van der Waals surface area (Å²) < 4.78 is 1.15. The van der Waals surface area contributed by atoms with Gasteiger partial charge < -0.3 is 5.32 Å². The van der Waals surface area contributed by atoms with E-state index in [0.717, 1.165) is 22.7 Å². The lowest BCUT2D eigenvalue weighted by atomic mass is 10.1. The highest BCUT2D eigenvalue weighted by molar-refractivity contribution is 9.10. The molecule has 0 bridgehead atoms. The van der Waals surface area contributed by atoms with Gasteiger partial charge in [-0.3, -0.25) is 0 Å². The first-order valence-corrected chi connectivity index (χ1v) is 8.20. The van der Waals surface area contributed by atoms with Crippen LogP contribution in [0.15, 0.2) is 28.7 Å². The molecule has 2 atom stereocenters. The second kappa shape index (κ2) is 8.17. The Morgan fingerprint density at radius 2 is 1.88 bits per heavy atom. The van der Waals surface area contributed by atoms with E-state index in [1.807, 2.05) is 11.8 Å². The van der Waals surface area contributed by atoms with Crippen LogP contribution in [0.4, 0.5) is 0 Å². The van der Waals surface area contributed by atoms with Crippen molar-refractivity contribution in [3.8, 4) is 0 Å². The first-order valence-electron chi connectivity index (χ1n) is 6.12. The van der Waals surface area contributed by atoms with Crippen molar-refractivity contribution in [2.24, 2.45) is 0 Å². The van der Waals surface area contributed by atoms with E-state index in [0.29, 0.717) is 6.04 Å². The maximum atomic E-state index is 3.59. The second-order valence-electron chi connectivity index (χ2n) is 4.52. The highest BCUT2D eigenvalue weighted by atomic mass is 79.9. The Morgan fingerprint density at radius 1 is 1.24 bits per heavy atom. The minimum Gasteiger partial charge on any atom is -0.314 e.